The Balaban J connectivity index is 0.00000176. The van der Waals surface area contributed by atoms with Crippen molar-refractivity contribution in [2.75, 3.05) is 0 Å². The van der Waals surface area contributed by atoms with Crippen LogP contribution in [0.3, 0.4) is 0 Å². The first-order chi connectivity index (χ1) is 10.1. The van der Waals surface area contributed by atoms with E-state index in [1.54, 1.807) is 12.1 Å². The lowest BCUT2D eigenvalue weighted by Gasteiger charge is -2.25. The van der Waals surface area contributed by atoms with Crippen LogP contribution < -0.4 is 5.73 Å². The smallest absolute Gasteiger partial charge is 0.223 e. The van der Waals surface area contributed by atoms with Crippen LogP contribution in [0.4, 0.5) is 4.39 Å². The van der Waals surface area contributed by atoms with Crippen molar-refractivity contribution in [3.05, 3.63) is 35.6 Å². The van der Waals surface area contributed by atoms with Crippen molar-refractivity contribution >= 4 is 18.3 Å². The lowest BCUT2D eigenvalue weighted by atomic mass is 9.99. The van der Waals surface area contributed by atoms with Gasteiger partial charge in [-0.2, -0.15) is 0 Å². The van der Waals surface area contributed by atoms with Gasteiger partial charge >= 0.3 is 0 Å². The molecule has 0 saturated heterocycles. The summed E-state index contributed by atoms with van der Waals surface area (Å²) >= 11 is 0. The molecule has 1 aromatic carbocycles. The molecule has 2 N–H and O–H groups in total. The zero-order chi connectivity index (χ0) is 14.8. The minimum Gasteiger partial charge on any atom is -0.335 e. The summed E-state index contributed by atoms with van der Waals surface area (Å²) in [7, 11) is 0. The van der Waals surface area contributed by atoms with Gasteiger partial charge in [-0.25, -0.2) is 4.39 Å². The molecule has 0 spiro atoms. The van der Waals surface area contributed by atoms with Gasteiger partial charge in [-0.05, 0) is 37.7 Å². The van der Waals surface area contributed by atoms with E-state index in [9.17, 15) is 9.18 Å². The summed E-state index contributed by atoms with van der Waals surface area (Å²) in [6.45, 7) is 0.387. The maximum absolute atomic E-state index is 13.8. The Morgan fingerprint density at radius 1 is 1.23 bits per heavy atom. The molecule has 5 heteroatoms. The first-order valence-corrected chi connectivity index (χ1v) is 7.93. The second kappa shape index (κ2) is 7.42. The molecule has 3 rings (SSSR count). The average Bonchev–Trinajstić information content (AvgIpc) is 3.23. The molecule has 22 heavy (non-hydrogen) atoms. The highest BCUT2D eigenvalue weighted by Crippen LogP contribution is 2.32. The Labute approximate surface area is 137 Å². The number of hydrogen-bond donors (Lipinski definition) is 1. The summed E-state index contributed by atoms with van der Waals surface area (Å²) in [6, 6.07) is 7.18. The van der Waals surface area contributed by atoms with E-state index in [2.05, 4.69) is 0 Å². The third-order valence-corrected chi connectivity index (χ3v) is 4.76. The highest BCUT2D eigenvalue weighted by molar-refractivity contribution is 5.85. The fourth-order valence-electron chi connectivity index (χ4n) is 3.28. The number of amides is 1. The highest BCUT2D eigenvalue weighted by Gasteiger charge is 2.35. The first kappa shape index (κ1) is 17.2. The van der Waals surface area contributed by atoms with E-state index in [0.29, 0.717) is 30.5 Å². The molecule has 2 aliphatic rings. The lowest BCUT2D eigenvalue weighted by Crippen LogP contribution is -2.36. The Bertz CT molecular complexity index is 521. The monoisotopic (exact) mass is 326 g/mol. The Hall–Kier alpha value is -1.13. The van der Waals surface area contributed by atoms with E-state index in [0.717, 1.165) is 32.1 Å². The minimum atomic E-state index is -0.228. The van der Waals surface area contributed by atoms with Gasteiger partial charge in [0.15, 0.2) is 0 Å². The average molecular weight is 327 g/mol. The third kappa shape index (κ3) is 3.99. The Morgan fingerprint density at radius 2 is 1.95 bits per heavy atom. The molecule has 122 valence electrons. The molecule has 2 aliphatic carbocycles. The van der Waals surface area contributed by atoms with Crippen LogP contribution in [0.2, 0.25) is 0 Å². The molecule has 2 fully saturated rings. The fourth-order valence-corrected chi connectivity index (χ4v) is 3.28. The molecule has 3 nitrogen and oxygen atoms in total. The lowest BCUT2D eigenvalue weighted by molar-refractivity contribution is -0.133. The van der Waals surface area contributed by atoms with Crippen LogP contribution in [0, 0.1) is 11.7 Å². The normalized spacial score (nSPS) is 23.9. The number of benzene rings is 1. The van der Waals surface area contributed by atoms with Crippen LogP contribution >= 0.6 is 12.4 Å². The van der Waals surface area contributed by atoms with Crippen LogP contribution in [0.1, 0.15) is 44.1 Å². The molecule has 0 heterocycles. The SMILES string of the molecule is Cl.N[C@@H]1CCC[C@H]1CC(=O)N(Cc1ccccc1F)C1CC1. The number of carbonyl (C=O) groups is 1. The van der Waals surface area contributed by atoms with Gasteiger partial charge in [0.1, 0.15) is 5.82 Å². The zero-order valence-electron chi connectivity index (χ0n) is 12.7. The minimum absolute atomic E-state index is 0. The van der Waals surface area contributed by atoms with E-state index >= 15 is 0 Å². The molecule has 1 aromatic rings. The van der Waals surface area contributed by atoms with Crippen molar-refractivity contribution in [1.29, 1.82) is 0 Å². The zero-order valence-corrected chi connectivity index (χ0v) is 13.5. The van der Waals surface area contributed by atoms with Gasteiger partial charge < -0.3 is 10.6 Å². The van der Waals surface area contributed by atoms with Crippen molar-refractivity contribution in [1.82, 2.24) is 4.90 Å². The standard InChI is InChI=1S/C17H23FN2O.ClH/c18-15-6-2-1-4-13(15)11-20(14-8-9-14)17(21)10-12-5-3-7-16(12)19;/h1-2,4,6,12,14,16H,3,5,7-11,19H2;1H/t12-,16+;/m0./s1. The molecule has 2 saturated carbocycles. The Kier molecular flexibility index (Phi) is 5.81. The predicted molar refractivity (Wildman–Crippen MR) is 87.2 cm³/mol. The van der Waals surface area contributed by atoms with Crippen molar-refractivity contribution in [3.8, 4) is 0 Å². The second-order valence-corrected chi connectivity index (χ2v) is 6.40. The highest BCUT2D eigenvalue weighted by atomic mass is 35.5. The number of carbonyl (C=O) groups excluding carboxylic acids is 1. The first-order valence-electron chi connectivity index (χ1n) is 7.93. The molecule has 1 amide bonds. The fraction of sp³-hybridized carbons (Fsp3) is 0.588. The van der Waals surface area contributed by atoms with Crippen LogP contribution in [0.15, 0.2) is 24.3 Å². The van der Waals surface area contributed by atoms with Crippen molar-refractivity contribution in [2.24, 2.45) is 11.7 Å². The summed E-state index contributed by atoms with van der Waals surface area (Å²) in [5.41, 5.74) is 6.67. The Morgan fingerprint density at radius 3 is 2.55 bits per heavy atom. The summed E-state index contributed by atoms with van der Waals surface area (Å²) < 4.78 is 13.8. The van der Waals surface area contributed by atoms with E-state index in [1.165, 1.54) is 6.07 Å². The van der Waals surface area contributed by atoms with Gasteiger partial charge in [-0.1, -0.05) is 24.6 Å². The van der Waals surface area contributed by atoms with Crippen molar-refractivity contribution < 1.29 is 9.18 Å². The number of hydrogen-bond acceptors (Lipinski definition) is 2. The molecule has 0 bridgehead atoms. The van der Waals surface area contributed by atoms with Gasteiger partial charge in [-0.3, -0.25) is 4.79 Å². The van der Waals surface area contributed by atoms with Gasteiger partial charge in [0.2, 0.25) is 5.91 Å². The van der Waals surface area contributed by atoms with Crippen LogP contribution in [0.5, 0.6) is 0 Å². The topological polar surface area (TPSA) is 46.3 Å². The van der Waals surface area contributed by atoms with Gasteiger partial charge in [-0.15, -0.1) is 12.4 Å². The van der Waals surface area contributed by atoms with Crippen molar-refractivity contribution in [2.45, 2.75) is 57.2 Å². The number of halogens is 2. The van der Waals surface area contributed by atoms with E-state index in [1.807, 2.05) is 11.0 Å². The molecular weight excluding hydrogens is 303 g/mol. The number of rotatable bonds is 5. The van der Waals surface area contributed by atoms with Gasteiger partial charge in [0.25, 0.3) is 0 Å². The molecule has 0 radical (unpaired) electrons. The maximum atomic E-state index is 13.8. The summed E-state index contributed by atoms with van der Waals surface area (Å²) in [4.78, 5) is 14.5. The van der Waals surface area contributed by atoms with E-state index in [-0.39, 0.29) is 30.2 Å². The van der Waals surface area contributed by atoms with Crippen molar-refractivity contribution in [3.63, 3.8) is 0 Å². The molecule has 0 aliphatic heterocycles. The largest absolute Gasteiger partial charge is 0.335 e. The second-order valence-electron chi connectivity index (χ2n) is 6.40. The molecule has 0 unspecified atom stereocenters. The van der Waals surface area contributed by atoms with E-state index < -0.39 is 0 Å². The molecular formula is C17H24ClFN2O. The predicted octanol–water partition coefficient (Wildman–Crippen LogP) is 3.26. The molecule has 0 aromatic heterocycles. The van der Waals surface area contributed by atoms with Gasteiger partial charge in [0.05, 0.1) is 0 Å². The number of nitrogens with zero attached hydrogens (tertiary/aromatic N) is 1. The summed E-state index contributed by atoms with van der Waals surface area (Å²) in [5.74, 6) is 0.219. The third-order valence-electron chi connectivity index (χ3n) is 4.76. The van der Waals surface area contributed by atoms with Gasteiger partial charge in [0, 0.05) is 30.6 Å². The van der Waals surface area contributed by atoms with Crippen LogP contribution in [-0.2, 0) is 11.3 Å². The summed E-state index contributed by atoms with van der Waals surface area (Å²) in [6.07, 6.45) is 5.79. The van der Waals surface area contributed by atoms with E-state index in [4.69, 9.17) is 5.73 Å². The number of nitrogens with two attached hydrogens (primary N) is 1. The summed E-state index contributed by atoms with van der Waals surface area (Å²) in [5, 5.41) is 0. The quantitative estimate of drug-likeness (QED) is 0.902. The van der Waals surface area contributed by atoms with Crippen LogP contribution in [0.25, 0.3) is 0 Å². The van der Waals surface area contributed by atoms with Crippen LogP contribution in [-0.4, -0.2) is 22.9 Å². The molecule has 2 atom stereocenters. The maximum Gasteiger partial charge on any atom is 0.223 e.